The van der Waals surface area contributed by atoms with Gasteiger partial charge in [0.05, 0.1) is 25.5 Å². The number of rotatable bonds is 7. The molecule has 29 heavy (non-hydrogen) atoms. The fourth-order valence-electron chi connectivity index (χ4n) is 2.60. The van der Waals surface area contributed by atoms with Gasteiger partial charge in [0.1, 0.15) is 0 Å². The van der Waals surface area contributed by atoms with E-state index in [0.29, 0.717) is 29.3 Å². The first kappa shape index (κ1) is 21.7. The van der Waals surface area contributed by atoms with Crippen LogP contribution >= 0.6 is 0 Å². The van der Waals surface area contributed by atoms with Crippen molar-refractivity contribution in [1.29, 1.82) is 0 Å². The number of carbonyl (C=O) groups excluding carboxylic acids is 3. The van der Waals surface area contributed by atoms with E-state index < -0.39 is 0 Å². The Balaban J connectivity index is 2.30. The van der Waals surface area contributed by atoms with Crippen LogP contribution in [0.3, 0.4) is 0 Å². The molecule has 0 bridgehead atoms. The zero-order chi connectivity index (χ0) is 21.6. The van der Waals surface area contributed by atoms with Crippen molar-refractivity contribution in [3.63, 3.8) is 0 Å². The van der Waals surface area contributed by atoms with E-state index >= 15 is 0 Å². The third-order valence-electron chi connectivity index (χ3n) is 4.17. The van der Waals surface area contributed by atoms with Crippen LogP contribution in [0, 0.1) is 0 Å². The molecule has 0 unspecified atom stereocenters. The fraction of sp³-hybridized carbons (Fsp3) is 0.286. The highest BCUT2D eigenvalue weighted by Gasteiger charge is 2.20. The minimum absolute atomic E-state index is 0.127. The van der Waals surface area contributed by atoms with Gasteiger partial charge in [-0.1, -0.05) is 12.1 Å². The molecular weight excluding hydrogens is 374 g/mol. The summed E-state index contributed by atoms with van der Waals surface area (Å²) in [4.78, 5) is 37.7. The highest BCUT2D eigenvalue weighted by Crippen LogP contribution is 2.34. The summed E-state index contributed by atoms with van der Waals surface area (Å²) in [5.41, 5.74) is 1.87. The summed E-state index contributed by atoms with van der Waals surface area (Å²) in [6, 6.07) is 9.91. The van der Waals surface area contributed by atoms with Crippen molar-refractivity contribution in [2.75, 3.05) is 33.6 Å². The smallest absolute Gasteiger partial charge is 0.255 e. The minimum atomic E-state index is -0.379. The lowest BCUT2D eigenvalue weighted by Crippen LogP contribution is -2.24. The van der Waals surface area contributed by atoms with Gasteiger partial charge < -0.3 is 25.0 Å². The van der Waals surface area contributed by atoms with E-state index in [-0.39, 0.29) is 23.3 Å². The first-order chi connectivity index (χ1) is 13.8. The highest BCUT2D eigenvalue weighted by atomic mass is 16.5. The number of amides is 3. The Morgan fingerprint density at radius 1 is 0.966 bits per heavy atom. The maximum atomic E-state index is 12.7. The molecule has 3 amide bonds. The average Bonchev–Trinajstić information content (AvgIpc) is 2.71. The molecule has 8 heteroatoms. The number of nitrogens with zero attached hydrogens (tertiary/aromatic N) is 1. The lowest BCUT2D eigenvalue weighted by atomic mass is 10.1. The minimum Gasteiger partial charge on any atom is -0.493 e. The number of benzene rings is 2. The van der Waals surface area contributed by atoms with Crippen molar-refractivity contribution in [1.82, 2.24) is 10.2 Å². The van der Waals surface area contributed by atoms with Gasteiger partial charge in [0.2, 0.25) is 5.91 Å². The Hall–Kier alpha value is -3.55. The van der Waals surface area contributed by atoms with Gasteiger partial charge in [-0.2, -0.15) is 0 Å². The Bertz CT molecular complexity index is 907. The van der Waals surface area contributed by atoms with Crippen molar-refractivity contribution >= 4 is 23.4 Å². The zero-order valence-electron chi connectivity index (χ0n) is 17.2. The summed E-state index contributed by atoms with van der Waals surface area (Å²) >= 11 is 0. The molecule has 2 aromatic rings. The molecule has 0 aromatic heterocycles. The van der Waals surface area contributed by atoms with Crippen LogP contribution in [0.15, 0.2) is 36.4 Å². The molecule has 0 spiro atoms. The lowest BCUT2D eigenvalue weighted by molar-refractivity contribution is -0.119. The van der Waals surface area contributed by atoms with Gasteiger partial charge in [-0.05, 0) is 23.8 Å². The summed E-state index contributed by atoms with van der Waals surface area (Å²) in [5.74, 6) is -0.0110. The third-order valence-corrected chi connectivity index (χ3v) is 4.17. The standard InChI is InChI=1S/C21H25N3O5/c1-13(25)22-12-14-6-8-15(9-7-14)20(26)23-17-11-19(29-5)18(28-4)10-16(17)21(27)24(2)3/h6-11H,12H2,1-5H3,(H,22,25)(H,23,26). The number of anilines is 1. The molecule has 0 saturated heterocycles. The second kappa shape index (κ2) is 9.59. The van der Waals surface area contributed by atoms with E-state index in [1.54, 1.807) is 44.4 Å². The number of nitrogens with one attached hydrogen (secondary N) is 2. The van der Waals surface area contributed by atoms with Gasteiger partial charge >= 0.3 is 0 Å². The molecule has 0 atom stereocenters. The molecule has 0 heterocycles. The number of methoxy groups -OCH3 is 2. The Morgan fingerprint density at radius 2 is 1.55 bits per heavy atom. The molecule has 0 aliphatic heterocycles. The number of carbonyl (C=O) groups is 3. The largest absolute Gasteiger partial charge is 0.493 e. The molecule has 154 valence electrons. The monoisotopic (exact) mass is 399 g/mol. The SMILES string of the molecule is COc1cc(NC(=O)c2ccc(CNC(C)=O)cc2)c(C(=O)N(C)C)cc1OC. The molecule has 0 saturated carbocycles. The van der Waals surface area contributed by atoms with Gasteiger partial charge in [0.15, 0.2) is 11.5 Å². The van der Waals surface area contributed by atoms with Crippen LogP contribution in [0.25, 0.3) is 0 Å². The molecule has 8 nitrogen and oxygen atoms in total. The molecule has 2 rings (SSSR count). The van der Waals surface area contributed by atoms with Gasteiger partial charge in [0, 0.05) is 39.2 Å². The van der Waals surface area contributed by atoms with Crippen molar-refractivity contribution in [2.24, 2.45) is 0 Å². The Kier molecular flexibility index (Phi) is 7.19. The predicted octanol–water partition coefficient (Wildman–Crippen LogP) is 2.29. The second-order valence-corrected chi connectivity index (χ2v) is 6.51. The molecule has 0 aliphatic rings. The van der Waals surface area contributed by atoms with Crippen molar-refractivity contribution < 1.29 is 23.9 Å². The van der Waals surface area contributed by atoms with Crippen molar-refractivity contribution in [3.05, 3.63) is 53.1 Å². The number of ether oxygens (including phenoxy) is 2. The van der Waals surface area contributed by atoms with Gasteiger partial charge in [0.25, 0.3) is 11.8 Å². The highest BCUT2D eigenvalue weighted by molar-refractivity contribution is 6.09. The molecule has 2 N–H and O–H groups in total. The third kappa shape index (κ3) is 5.47. The van der Waals surface area contributed by atoms with Crippen LogP contribution in [-0.4, -0.2) is 50.9 Å². The van der Waals surface area contributed by atoms with Crippen LogP contribution in [-0.2, 0) is 11.3 Å². The number of hydrogen-bond donors (Lipinski definition) is 2. The van der Waals surface area contributed by atoms with E-state index in [9.17, 15) is 14.4 Å². The fourth-order valence-corrected chi connectivity index (χ4v) is 2.60. The van der Waals surface area contributed by atoms with Crippen LogP contribution in [0.1, 0.15) is 33.2 Å². The van der Waals surface area contributed by atoms with Gasteiger partial charge in [-0.25, -0.2) is 0 Å². The Morgan fingerprint density at radius 3 is 2.07 bits per heavy atom. The van der Waals surface area contributed by atoms with E-state index in [1.165, 1.54) is 32.1 Å². The maximum absolute atomic E-state index is 12.7. The van der Waals surface area contributed by atoms with Crippen LogP contribution in [0.2, 0.25) is 0 Å². The first-order valence-corrected chi connectivity index (χ1v) is 8.89. The summed E-state index contributed by atoms with van der Waals surface area (Å²) in [6.07, 6.45) is 0. The van der Waals surface area contributed by atoms with Gasteiger partial charge in [-0.15, -0.1) is 0 Å². The molecule has 2 aromatic carbocycles. The number of hydrogen-bond acceptors (Lipinski definition) is 5. The van der Waals surface area contributed by atoms with E-state index in [2.05, 4.69) is 10.6 Å². The van der Waals surface area contributed by atoms with Gasteiger partial charge in [-0.3, -0.25) is 14.4 Å². The summed E-state index contributed by atoms with van der Waals surface area (Å²) in [5, 5.41) is 5.46. The average molecular weight is 399 g/mol. The Labute approximate surface area is 169 Å². The summed E-state index contributed by atoms with van der Waals surface area (Å²) in [6.45, 7) is 1.83. The molecule has 0 aliphatic carbocycles. The first-order valence-electron chi connectivity index (χ1n) is 8.89. The van der Waals surface area contributed by atoms with Crippen LogP contribution < -0.4 is 20.1 Å². The molecular formula is C21H25N3O5. The van der Waals surface area contributed by atoms with E-state index in [0.717, 1.165) is 5.56 Å². The normalized spacial score (nSPS) is 10.1. The summed E-state index contributed by atoms with van der Waals surface area (Å²) in [7, 11) is 6.20. The quantitative estimate of drug-likeness (QED) is 0.745. The van der Waals surface area contributed by atoms with Crippen LogP contribution in [0.4, 0.5) is 5.69 Å². The van der Waals surface area contributed by atoms with Crippen LogP contribution in [0.5, 0.6) is 11.5 Å². The topological polar surface area (TPSA) is 97.0 Å². The second-order valence-electron chi connectivity index (χ2n) is 6.51. The molecule has 0 fully saturated rings. The maximum Gasteiger partial charge on any atom is 0.255 e. The van der Waals surface area contributed by atoms with E-state index in [1.807, 2.05) is 0 Å². The van der Waals surface area contributed by atoms with Crippen molar-refractivity contribution in [3.8, 4) is 11.5 Å². The van der Waals surface area contributed by atoms with Crippen molar-refractivity contribution in [2.45, 2.75) is 13.5 Å². The lowest BCUT2D eigenvalue weighted by Gasteiger charge is -2.18. The zero-order valence-corrected chi connectivity index (χ0v) is 17.2. The molecule has 0 radical (unpaired) electrons. The van der Waals surface area contributed by atoms with E-state index in [4.69, 9.17) is 9.47 Å². The summed E-state index contributed by atoms with van der Waals surface area (Å²) < 4.78 is 10.6. The predicted molar refractivity (Wildman–Crippen MR) is 109 cm³/mol.